The van der Waals surface area contributed by atoms with Crippen LogP contribution in [0.25, 0.3) is 11.0 Å². The smallest absolute Gasteiger partial charge is 0.261 e. The third kappa shape index (κ3) is 3.68. The van der Waals surface area contributed by atoms with Crippen LogP contribution in [0.5, 0.6) is 0 Å². The van der Waals surface area contributed by atoms with Crippen LogP contribution in [0.4, 0.5) is 0 Å². The monoisotopic (exact) mass is 385 g/mol. The molecule has 0 saturated heterocycles. The maximum atomic E-state index is 12.2. The Hall–Kier alpha value is -2.54. The zero-order valence-corrected chi connectivity index (χ0v) is 14.7. The van der Waals surface area contributed by atoms with E-state index in [9.17, 15) is 4.79 Å². The summed E-state index contributed by atoms with van der Waals surface area (Å²) in [5, 5.41) is 12.3. The van der Waals surface area contributed by atoms with Crippen molar-refractivity contribution in [3.05, 3.63) is 58.6 Å². The molecule has 0 fully saturated rings. The van der Waals surface area contributed by atoms with E-state index in [0.717, 1.165) is 26.8 Å². The zero-order valence-electron chi connectivity index (χ0n) is 13.1. The molecule has 0 radical (unpaired) electrons. The number of nitrogens with one attached hydrogen (secondary N) is 1. The van der Waals surface area contributed by atoms with Crippen LogP contribution >= 0.6 is 15.9 Å². The molecule has 0 spiro atoms. The molecular weight excluding hydrogens is 370 g/mol. The average Bonchev–Trinajstić information content (AvgIpc) is 2.99. The molecule has 0 aliphatic rings. The molecule has 1 amide bonds. The molecule has 0 unspecified atom stereocenters. The van der Waals surface area contributed by atoms with Gasteiger partial charge in [0.15, 0.2) is 0 Å². The molecule has 24 heavy (non-hydrogen) atoms. The van der Waals surface area contributed by atoms with Crippen LogP contribution in [0.1, 0.15) is 18.9 Å². The van der Waals surface area contributed by atoms with Gasteiger partial charge in [-0.25, -0.2) is 10.1 Å². The summed E-state index contributed by atoms with van der Waals surface area (Å²) in [4.78, 5) is 12.2. The van der Waals surface area contributed by atoms with Crippen LogP contribution in [-0.4, -0.2) is 26.6 Å². The van der Waals surface area contributed by atoms with Crippen molar-refractivity contribution in [2.24, 2.45) is 5.10 Å². The number of hydrogen-bond acceptors (Lipinski definition) is 4. The van der Waals surface area contributed by atoms with Gasteiger partial charge < -0.3 is 0 Å². The molecule has 3 rings (SSSR count). The van der Waals surface area contributed by atoms with Crippen molar-refractivity contribution in [3.8, 4) is 0 Å². The number of rotatable bonds is 5. The Balaban J connectivity index is 1.72. The Bertz CT molecular complexity index is 903. The Morgan fingerprint density at radius 2 is 2.08 bits per heavy atom. The molecule has 6 nitrogen and oxygen atoms in total. The summed E-state index contributed by atoms with van der Waals surface area (Å²) >= 11 is 3.44. The summed E-state index contributed by atoms with van der Waals surface area (Å²) in [7, 11) is 0. The summed E-state index contributed by atoms with van der Waals surface area (Å²) < 4.78 is 2.53. The molecule has 2 aromatic carbocycles. The van der Waals surface area contributed by atoms with E-state index in [1.54, 1.807) is 4.68 Å². The topological polar surface area (TPSA) is 72.2 Å². The largest absolute Gasteiger partial charge is 0.271 e. The minimum absolute atomic E-state index is 0.0689. The SMILES string of the molecule is CC/C(=N/NC(=O)Cn1nnc2ccccc21)c1cccc(Br)c1. The second-order valence-corrected chi connectivity index (χ2v) is 6.11. The molecule has 0 saturated carbocycles. The number of carbonyl (C=O) groups is 1. The first-order valence-corrected chi connectivity index (χ1v) is 8.36. The number of hydrazone groups is 1. The van der Waals surface area contributed by atoms with Gasteiger partial charge in [-0.2, -0.15) is 5.10 Å². The lowest BCUT2D eigenvalue weighted by Crippen LogP contribution is -2.25. The van der Waals surface area contributed by atoms with Gasteiger partial charge in [-0.15, -0.1) is 5.10 Å². The molecule has 1 aromatic heterocycles. The van der Waals surface area contributed by atoms with Crippen molar-refractivity contribution < 1.29 is 4.79 Å². The molecule has 0 atom stereocenters. The summed E-state index contributed by atoms with van der Waals surface area (Å²) in [5.74, 6) is -0.244. The predicted octanol–water partition coefficient (Wildman–Crippen LogP) is 3.12. The van der Waals surface area contributed by atoms with Gasteiger partial charge in [-0.3, -0.25) is 4.79 Å². The van der Waals surface area contributed by atoms with E-state index in [0.29, 0.717) is 6.42 Å². The first-order chi connectivity index (χ1) is 11.7. The molecular formula is C17H16BrN5O. The van der Waals surface area contributed by atoms with E-state index in [2.05, 4.69) is 36.8 Å². The number of carbonyl (C=O) groups excluding carboxylic acids is 1. The second-order valence-electron chi connectivity index (χ2n) is 5.19. The fourth-order valence-corrected chi connectivity index (χ4v) is 2.75. The minimum Gasteiger partial charge on any atom is -0.271 e. The van der Waals surface area contributed by atoms with Crippen LogP contribution in [0.2, 0.25) is 0 Å². The van der Waals surface area contributed by atoms with E-state index in [-0.39, 0.29) is 12.5 Å². The van der Waals surface area contributed by atoms with Gasteiger partial charge in [0, 0.05) is 4.47 Å². The number of amides is 1. The first-order valence-electron chi connectivity index (χ1n) is 7.57. The van der Waals surface area contributed by atoms with E-state index in [1.807, 2.05) is 55.5 Å². The molecule has 0 aliphatic carbocycles. The van der Waals surface area contributed by atoms with Crippen LogP contribution in [-0.2, 0) is 11.3 Å². The van der Waals surface area contributed by atoms with Gasteiger partial charge in [0.25, 0.3) is 5.91 Å². The van der Waals surface area contributed by atoms with Gasteiger partial charge >= 0.3 is 0 Å². The molecule has 1 N–H and O–H groups in total. The van der Waals surface area contributed by atoms with Gasteiger partial charge in [0.1, 0.15) is 12.1 Å². The highest BCUT2D eigenvalue weighted by atomic mass is 79.9. The highest BCUT2D eigenvalue weighted by Gasteiger charge is 2.09. The van der Waals surface area contributed by atoms with Gasteiger partial charge in [0.05, 0.1) is 11.2 Å². The molecule has 1 heterocycles. The minimum atomic E-state index is -0.244. The Morgan fingerprint density at radius 1 is 1.25 bits per heavy atom. The first kappa shape index (κ1) is 16.3. The van der Waals surface area contributed by atoms with Crippen LogP contribution < -0.4 is 5.43 Å². The lowest BCUT2D eigenvalue weighted by Gasteiger charge is -2.06. The molecule has 3 aromatic rings. The maximum absolute atomic E-state index is 12.2. The third-order valence-corrected chi connectivity index (χ3v) is 4.02. The van der Waals surface area contributed by atoms with Crippen molar-refractivity contribution in [3.63, 3.8) is 0 Å². The van der Waals surface area contributed by atoms with E-state index >= 15 is 0 Å². The third-order valence-electron chi connectivity index (χ3n) is 3.52. The van der Waals surface area contributed by atoms with Crippen molar-refractivity contribution in [2.75, 3.05) is 0 Å². The van der Waals surface area contributed by atoms with E-state index in [1.165, 1.54) is 0 Å². The lowest BCUT2D eigenvalue weighted by atomic mass is 10.1. The average molecular weight is 386 g/mol. The number of hydrogen-bond donors (Lipinski definition) is 1. The fraction of sp³-hybridized carbons (Fsp3) is 0.176. The van der Waals surface area contributed by atoms with Crippen molar-refractivity contribution >= 4 is 38.6 Å². The number of benzene rings is 2. The zero-order chi connectivity index (χ0) is 16.9. The van der Waals surface area contributed by atoms with Crippen molar-refractivity contribution in [2.45, 2.75) is 19.9 Å². The standard InChI is InChI=1S/C17H16BrN5O/c1-2-14(12-6-5-7-13(18)10-12)19-21-17(24)11-23-16-9-4-3-8-15(16)20-22-23/h3-10H,2,11H2,1H3,(H,21,24)/b19-14-. The highest BCUT2D eigenvalue weighted by Crippen LogP contribution is 2.13. The van der Waals surface area contributed by atoms with E-state index in [4.69, 9.17) is 0 Å². The number of para-hydroxylation sites is 1. The van der Waals surface area contributed by atoms with Crippen molar-refractivity contribution in [1.29, 1.82) is 0 Å². The summed E-state index contributed by atoms with van der Waals surface area (Å²) in [5.41, 5.74) is 5.96. The lowest BCUT2D eigenvalue weighted by molar-refractivity contribution is -0.121. The summed E-state index contributed by atoms with van der Waals surface area (Å²) in [6, 6.07) is 15.3. The number of halogens is 1. The van der Waals surface area contributed by atoms with Crippen molar-refractivity contribution in [1.82, 2.24) is 20.4 Å². The highest BCUT2D eigenvalue weighted by molar-refractivity contribution is 9.10. The van der Waals surface area contributed by atoms with Gasteiger partial charge in [-0.1, -0.05) is 52.3 Å². The normalized spacial score (nSPS) is 11.7. The van der Waals surface area contributed by atoms with Crippen LogP contribution in [0.15, 0.2) is 58.1 Å². The quantitative estimate of drug-likeness (QED) is 0.541. The van der Waals surface area contributed by atoms with Crippen LogP contribution in [0, 0.1) is 0 Å². The molecule has 7 heteroatoms. The number of fused-ring (bicyclic) bond motifs is 1. The molecule has 0 bridgehead atoms. The predicted molar refractivity (Wildman–Crippen MR) is 96.6 cm³/mol. The Kier molecular flexibility index (Phi) is 5.00. The summed E-state index contributed by atoms with van der Waals surface area (Å²) in [6.07, 6.45) is 0.711. The van der Waals surface area contributed by atoms with Crippen LogP contribution in [0.3, 0.4) is 0 Å². The number of nitrogens with zero attached hydrogens (tertiary/aromatic N) is 4. The molecule has 122 valence electrons. The van der Waals surface area contributed by atoms with E-state index < -0.39 is 0 Å². The maximum Gasteiger partial charge on any atom is 0.261 e. The molecule has 0 aliphatic heterocycles. The number of aromatic nitrogens is 3. The van der Waals surface area contributed by atoms with Gasteiger partial charge in [0.2, 0.25) is 0 Å². The second kappa shape index (κ2) is 7.35. The fourth-order valence-electron chi connectivity index (χ4n) is 2.35. The Labute approximate surface area is 147 Å². The summed E-state index contributed by atoms with van der Waals surface area (Å²) in [6.45, 7) is 2.07. The Morgan fingerprint density at radius 3 is 2.88 bits per heavy atom. The van der Waals surface area contributed by atoms with Gasteiger partial charge in [-0.05, 0) is 36.2 Å².